The number of ether oxygens (including phenoxy) is 1. The number of nitrogens with two attached hydrogens (primary N) is 1. The summed E-state index contributed by atoms with van der Waals surface area (Å²) in [5, 5.41) is 0.761. The third-order valence-electron chi connectivity index (χ3n) is 3.07. The van der Waals surface area contributed by atoms with Crippen molar-refractivity contribution >= 4 is 28.3 Å². The molecule has 0 radical (unpaired) electrons. The molecule has 21 heavy (non-hydrogen) atoms. The zero-order chi connectivity index (χ0) is 15.2. The Bertz CT molecular complexity index is 598. The van der Waals surface area contributed by atoms with Gasteiger partial charge in [0.25, 0.3) is 0 Å². The molecule has 6 heteroatoms. The van der Waals surface area contributed by atoms with Gasteiger partial charge < -0.3 is 15.4 Å². The second-order valence-corrected chi connectivity index (χ2v) is 5.22. The van der Waals surface area contributed by atoms with Crippen molar-refractivity contribution in [3.8, 4) is 0 Å². The van der Waals surface area contributed by atoms with Crippen molar-refractivity contribution in [1.82, 2.24) is 4.37 Å². The number of nitrogen functional groups attached to an aromatic ring is 1. The SMILES string of the molecule is CCOC(=O)c1c(N)nsc1N(CC)Cc1ccccc1. The maximum Gasteiger partial charge on any atom is 0.345 e. The number of hydrogen-bond acceptors (Lipinski definition) is 6. The van der Waals surface area contributed by atoms with Crippen molar-refractivity contribution in [3.63, 3.8) is 0 Å². The molecule has 5 nitrogen and oxygen atoms in total. The van der Waals surface area contributed by atoms with Crippen LogP contribution in [0, 0.1) is 0 Å². The molecule has 0 saturated heterocycles. The summed E-state index contributed by atoms with van der Waals surface area (Å²) in [5.74, 6) is -0.176. The summed E-state index contributed by atoms with van der Waals surface area (Å²) in [6.07, 6.45) is 0. The first-order chi connectivity index (χ1) is 10.2. The normalized spacial score (nSPS) is 10.4. The fraction of sp³-hybridized carbons (Fsp3) is 0.333. The van der Waals surface area contributed by atoms with E-state index in [-0.39, 0.29) is 5.82 Å². The highest BCUT2D eigenvalue weighted by atomic mass is 32.1. The summed E-state index contributed by atoms with van der Waals surface area (Å²) in [6.45, 7) is 5.58. The molecule has 0 saturated carbocycles. The first-order valence-corrected chi connectivity index (χ1v) is 7.65. The molecular weight excluding hydrogens is 286 g/mol. The van der Waals surface area contributed by atoms with Crippen molar-refractivity contribution < 1.29 is 9.53 Å². The number of nitrogens with zero attached hydrogens (tertiary/aromatic N) is 2. The van der Waals surface area contributed by atoms with E-state index in [0.29, 0.717) is 18.7 Å². The predicted molar refractivity (Wildman–Crippen MR) is 85.6 cm³/mol. The van der Waals surface area contributed by atoms with Crippen LogP contribution in [-0.2, 0) is 11.3 Å². The number of rotatable bonds is 6. The van der Waals surface area contributed by atoms with Crippen LogP contribution in [-0.4, -0.2) is 23.5 Å². The van der Waals surface area contributed by atoms with E-state index in [1.807, 2.05) is 25.1 Å². The Kier molecular flexibility index (Phi) is 5.16. The van der Waals surface area contributed by atoms with E-state index >= 15 is 0 Å². The molecule has 2 aromatic rings. The number of anilines is 2. The van der Waals surface area contributed by atoms with Gasteiger partial charge in [-0.05, 0) is 30.9 Å². The molecular formula is C15H19N3O2S. The van der Waals surface area contributed by atoms with E-state index in [1.54, 1.807) is 6.92 Å². The molecule has 0 bridgehead atoms. The summed E-state index contributed by atoms with van der Waals surface area (Å²) < 4.78 is 9.18. The molecule has 0 aliphatic carbocycles. The third kappa shape index (κ3) is 3.52. The molecule has 0 spiro atoms. The Morgan fingerprint density at radius 1 is 1.33 bits per heavy atom. The van der Waals surface area contributed by atoms with Crippen LogP contribution in [0.25, 0.3) is 0 Å². The van der Waals surface area contributed by atoms with Gasteiger partial charge in [-0.15, -0.1) is 0 Å². The number of carbonyl (C=O) groups is 1. The highest BCUT2D eigenvalue weighted by Crippen LogP contribution is 2.32. The maximum atomic E-state index is 12.1. The summed E-state index contributed by atoms with van der Waals surface area (Å²) in [7, 11) is 0. The summed E-state index contributed by atoms with van der Waals surface area (Å²) in [5.41, 5.74) is 7.37. The lowest BCUT2D eigenvalue weighted by atomic mass is 10.2. The molecule has 2 rings (SSSR count). The van der Waals surface area contributed by atoms with Crippen LogP contribution in [0.3, 0.4) is 0 Å². The van der Waals surface area contributed by atoms with Crippen molar-refractivity contribution in [1.29, 1.82) is 0 Å². The van der Waals surface area contributed by atoms with Crippen LogP contribution in [0.1, 0.15) is 29.8 Å². The average molecular weight is 305 g/mol. The highest BCUT2D eigenvalue weighted by molar-refractivity contribution is 7.11. The number of hydrogen-bond donors (Lipinski definition) is 1. The zero-order valence-corrected chi connectivity index (χ0v) is 13.0. The second kappa shape index (κ2) is 7.08. The summed E-state index contributed by atoms with van der Waals surface area (Å²) >= 11 is 1.23. The Labute approximate surface area is 128 Å². The van der Waals surface area contributed by atoms with Crippen molar-refractivity contribution in [2.45, 2.75) is 20.4 Å². The number of carbonyl (C=O) groups excluding carboxylic acids is 1. The highest BCUT2D eigenvalue weighted by Gasteiger charge is 2.24. The standard InChI is InChI=1S/C15H19N3O2S/c1-3-18(10-11-8-6-5-7-9-11)14-12(13(16)17-21-14)15(19)20-4-2/h5-9H,3-4,10H2,1-2H3,(H2,16,17). The lowest BCUT2D eigenvalue weighted by molar-refractivity contribution is 0.0528. The first kappa shape index (κ1) is 15.3. The smallest absolute Gasteiger partial charge is 0.345 e. The third-order valence-corrected chi connectivity index (χ3v) is 3.99. The summed E-state index contributed by atoms with van der Waals surface area (Å²) in [4.78, 5) is 14.1. The Morgan fingerprint density at radius 2 is 2.05 bits per heavy atom. The molecule has 0 fully saturated rings. The number of aromatic nitrogens is 1. The van der Waals surface area contributed by atoms with Gasteiger partial charge in [0, 0.05) is 13.1 Å². The van der Waals surface area contributed by atoms with Crippen LogP contribution >= 0.6 is 11.5 Å². The summed E-state index contributed by atoms with van der Waals surface area (Å²) in [6, 6.07) is 10.1. The van der Waals surface area contributed by atoms with Gasteiger partial charge in [-0.25, -0.2) is 4.79 Å². The number of benzene rings is 1. The lowest BCUT2D eigenvalue weighted by Crippen LogP contribution is -2.23. The van der Waals surface area contributed by atoms with E-state index in [9.17, 15) is 4.79 Å². The van der Waals surface area contributed by atoms with Gasteiger partial charge in [-0.2, -0.15) is 4.37 Å². The van der Waals surface area contributed by atoms with E-state index < -0.39 is 5.97 Å². The van der Waals surface area contributed by atoms with Gasteiger partial charge >= 0.3 is 5.97 Å². The quantitative estimate of drug-likeness (QED) is 0.831. The minimum atomic E-state index is -0.412. The topological polar surface area (TPSA) is 68.5 Å². The van der Waals surface area contributed by atoms with Gasteiger partial charge in [0.2, 0.25) is 0 Å². The minimum absolute atomic E-state index is 0.236. The van der Waals surface area contributed by atoms with Crippen LogP contribution in [0.4, 0.5) is 10.8 Å². The molecule has 2 N–H and O–H groups in total. The van der Waals surface area contributed by atoms with Crippen LogP contribution < -0.4 is 10.6 Å². The molecule has 0 atom stereocenters. The molecule has 1 aromatic carbocycles. The lowest BCUT2D eigenvalue weighted by Gasteiger charge is -2.22. The average Bonchev–Trinajstić information content (AvgIpc) is 2.88. The monoisotopic (exact) mass is 305 g/mol. The molecule has 112 valence electrons. The second-order valence-electron chi connectivity index (χ2n) is 4.47. The molecule has 1 heterocycles. The van der Waals surface area contributed by atoms with E-state index in [2.05, 4.69) is 21.4 Å². The molecule has 0 aliphatic heterocycles. The van der Waals surface area contributed by atoms with Gasteiger partial charge in [-0.3, -0.25) is 0 Å². The zero-order valence-electron chi connectivity index (χ0n) is 12.2. The van der Waals surface area contributed by atoms with Crippen LogP contribution in [0.5, 0.6) is 0 Å². The Hall–Kier alpha value is -2.08. The molecule has 0 amide bonds. The van der Waals surface area contributed by atoms with Gasteiger partial charge in [0.15, 0.2) is 5.82 Å². The van der Waals surface area contributed by atoms with Crippen molar-refractivity contribution in [3.05, 3.63) is 41.5 Å². The van der Waals surface area contributed by atoms with Crippen LogP contribution in [0.15, 0.2) is 30.3 Å². The van der Waals surface area contributed by atoms with E-state index in [1.165, 1.54) is 17.1 Å². The van der Waals surface area contributed by atoms with E-state index in [4.69, 9.17) is 10.5 Å². The van der Waals surface area contributed by atoms with Gasteiger partial charge in [0.05, 0.1) is 6.61 Å². The Balaban J connectivity index is 2.28. The fourth-order valence-corrected chi connectivity index (χ4v) is 2.90. The molecule has 0 unspecified atom stereocenters. The van der Waals surface area contributed by atoms with Crippen molar-refractivity contribution in [2.75, 3.05) is 23.8 Å². The maximum absolute atomic E-state index is 12.1. The van der Waals surface area contributed by atoms with Gasteiger partial charge in [0.1, 0.15) is 10.6 Å². The minimum Gasteiger partial charge on any atom is -0.462 e. The van der Waals surface area contributed by atoms with Gasteiger partial charge in [-0.1, -0.05) is 30.3 Å². The largest absolute Gasteiger partial charge is 0.462 e. The van der Waals surface area contributed by atoms with E-state index in [0.717, 1.165) is 11.5 Å². The Morgan fingerprint density at radius 3 is 2.67 bits per heavy atom. The van der Waals surface area contributed by atoms with Crippen molar-refractivity contribution in [2.24, 2.45) is 0 Å². The molecule has 0 aliphatic rings. The predicted octanol–water partition coefficient (Wildman–Crippen LogP) is 2.93. The first-order valence-electron chi connectivity index (χ1n) is 6.88. The number of esters is 1. The fourth-order valence-electron chi connectivity index (χ4n) is 2.04. The molecule has 1 aromatic heterocycles. The van der Waals surface area contributed by atoms with Crippen LogP contribution in [0.2, 0.25) is 0 Å².